The van der Waals surface area contributed by atoms with Crippen molar-refractivity contribution in [3.8, 4) is 0 Å². The fourth-order valence-corrected chi connectivity index (χ4v) is 3.72. The predicted octanol–water partition coefficient (Wildman–Crippen LogP) is 4.90. The number of pyridine rings is 1. The Balaban J connectivity index is 1.44. The van der Waals surface area contributed by atoms with Gasteiger partial charge in [0.2, 0.25) is 0 Å². The Hall–Kier alpha value is -3.71. The Bertz CT molecular complexity index is 1320. The lowest BCUT2D eigenvalue weighted by molar-refractivity contribution is 0.0942. The Kier molecular flexibility index (Phi) is 6.42. The molecule has 0 atom stereocenters. The molecule has 0 spiro atoms. The number of halogens is 2. The number of hydrogen-bond acceptors (Lipinski definition) is 3. The summed E-state index contributed by atoms with van der Waals surface area (Å²) in [6, 6.07) is 16.2. The van der Waals surface area contributed by atoms with E-state index in [4.69, 9.17) is 11.6 Å². The quantitative estimate of drug-likeness (QED) is 0.441. The molecule has 0 bridgehead atoms. The van der Waals surface area contributed by atoms with E-state index < -0.39 is 0 Å². The second kappa shape index (κ2) is 9.42. The average Bonchev–Trinajstić information content (AvgIpc) is 3.20. The zero-order valence-electron chi connectivity index (χ0n) is 18.2. The van der Waals surface area contributed by atoms with E-state index in [0.29, 0.717) is 46.3 Å². The van der Waals surface area contributed by atoms with E-state index >= 15 is 0 Å². The first-order chi connectivity index (χ1) is 15.9. The van der Waals surface area contributed by atoms with Gasteiger partial charge in [0.05, 0.1) is 5.69 Å². The summed E-state index contributed by atoms with van der Waals surface area (Å²) in [4.78, 5) is 31.6. The number of nitrogens with one attached hydrogen (secondary N) is 1. The first kappa shape index (κ1) is 22.5. The van der Waals surface area contributed by atoms with Gasteiger partial charge in [0.15, 0.2) is 0 Å². The molecule has 2 aromatic heterocycles. The van der Waals surface area contributed by atoms with Crippen molar-refractivity contribution >= 4 is 34.7 Å². The Morgan fingerprint density at radius 3 is 2.45 bits per heavy atom. The number of carbonyl (C=O) groups excluding carboxylic acids is 2. The van der Waals surface area contributed by atoms with E-state index in [1.165, 1.54) is 17.0 Å². The molecule has 2 amide bonds. The molecular formula is C25H22ClFN4O2. The van der Waals surface area contributed by atoms with Crippen molar-refractivity contribution in [1.29, 1.82) is 0 Å². The van der Waals surface area contributed by atoms with Gasteiger partial charge in [-0.2, -0.15) is 0 Å². The molecule has 0 radical (unpaired) electrons. The lowest BCUT2D eigenvalue weighted by Crippen LogP contribution is -2.26. The molecular weight excluding hydrogens is 443 g/mol. The number of hydrogen-bond donors (Lipinski definition) is 1. The Morgan fingerprint density at radius 2 is 1.79 bits per heavy atom. The van der Waals surface area contributed by atoms with Crippen LogP contribution in [0.2, 0.25) is 5.02 Å². The summed E-state index contributed by atoms with van der Waals surface area (Å²) in [5.41, 5.74) is 3.73. The number of benzene rings is 2. The maximum atomic E-state index is 13.1. The number of rotatable bonds is 6. The van der Waals surface area contributed by atoms with Crippen molar-refractivity contribution in [1.82, 2.24) is 14.7 Å². The van der Waals surface area contributed by atoms with Crippen LogP contribution in [0.15, 0.2) is 66.9 Å². The Labute approximate surface area is 195 Å². The summed E-state index contributed by atoms with van der Waals surface area (Å²) in [5, 5.41) is 3.48. The lowest BCUT2D eigenvalue weighted by atomic mass is 10.1. The molecule has 0 unspecified atom stereocenters. The van der Waals surface area contributed by atoms with Crippen molar-refractivity contribution in [2.75, 3.05) is 11.9 Å². The van der Waals surface area contributed by atoms with Crippen LogP contribution in [0, 0.1) is 5.82 Å². The van der Waals surface area contributed by atoms with Gasteiger partial charge in [0.25, 0.3) is 11.8 Å². The van der Waals surface area contributed by atoms with E-state index in [9.17, 15) is 14.0 Å². The first-order valence-corrected chi connectivity index (χ1v) is 10.8. The molecule has 0 aliphatic rings. The number of carbonyl (C=O) groups is 2. The fraction of sp³-hybridized carbons (Fsp3) is 0.160. The van der Waals surface area contributed by atoms with Crippen molar-refractivity contribution in [2.24, 2.45) is 0 Å². The minimum atomic E-state index is -0.357. The minimum Gasteiger partial charge on any atom is -0.347 e. The molecule has 1 N–H and O–H groups in total. The van der Waals surface area contributed by atoms with E-state index in [-0.39, 0.29) is 17.6 Å². The first-order valence-electron chi connectivity index (χ1n) is 10.4. The van der Waals surface area contributed by atoms with Gasteiger partial charge in [-0.15, -0.1) is 0 Å². The van der Waals surface area contributed by atoms with E-state index in [2.05, 4.69) is 10.3 Å². The highest BCUT2D eigenvalue weighted by Crippen LogP contribution is 2.19. The van der Waals surface area contributed by atoms with E-state index in [0.717, 1.165) is 5.56 Å². The molecule has 8 heteroatoms. The SMILES string of the molecule is CCc1nc2cc(Cl)ccn2c1C(=O)NCc1ccc(C(=O)N(C)c2ccc(F)cc2)cc1. The summed E-state index contributed by atoms with van der Waals surface area (Å²) in [7, 11) is 1.64. The summed E-state index contributed by atoms with van der Waals surface area (Å²) in [6.07, 6.45) is 2.34. The van der Waals surface area contributed by atoms with E-state index in [1.54, 1.807) is 66.2 Å². The molecule has 33 heavy (non-hydrogen) atoms. The number of anilines is 1. The maximum Gasteiger partial charge on any atom is 0.270 e. The second-order valence-corrected chi connectivity index (χ2v) is 7.99. The molecule has 168 valence electrons. The van der Waals surface area contributed by atoms with Gasteiger partial charge in [0, 0.05) is 42.1 Å². The molecule has 2 heterocycles. The van der Waals surface area contributed by atoms with Crippen LogP contribution in [0.5, 0.6) is 0 Å². The molecule has 4 aromatic rings. The Morgan fingerprint density at radius 1 is 1.09 bits per heavy atom. The van der Waals surface area contributed by atoms with Crippen LogP contribution in [0.4, 0.5) is 10.1 Å². The standard InChI is InChI=1S/C25H22ClFN4O2/c1-3-21-23(31-13-12-18(26)14-22(31)29-21)24(32)28-15-16-4-6-17(7-5-16)25(33)30(2)20-10-8-19(27)9-11-20/h4-14H,3,15H2,1-2H3,(H,28,32). The van der Waals surface area contributed by atoms with Crippen LogP contribution >= 0.6 is 11.6 Å². The maximum absolute atomic E-state index is 13.1. The van der Waals surface area contributed by atoms with Gasteiger partial charge in [-0.05, 0) is 54.4 Å². The zero-order chi connectivity index (χ0) is 23.5. The predicted molar refractivity (Wildman–Crippen MR) is 126 cm³/mol. The van der Waals surface area contributed by atoms with E-state index in [1.807, 2.05) is 6.92 Å². The number of aryl methyl sites for hydroxylation is 1. The number of amides is 2. The van der Waals surface area contributed by atoms with Gasteiger partial charge in [-0.25, -0.2) is 9.37 Å². The highest BCUT2D eigenvalue weighted by Gasteiger charge is 2.18. The van der Waals surface area contributed by atoms with Gasteiger partial charge in [-0.1, -0.05) is 30.7 Å². The van der Waals surface area contributed by atoms with Gasteiger partial charge >= 0.3 is 0 Å². The monoisotopic (exact) mass is 464 g/mol. The van der Waals surface area contributed by atoms with Crippen LogP contribution < -0.4 is 10.2 Å². The van der Waals surface area contributed by atoms with Crippen LogP contribution in [-0.2, 0) is 13.0 Å². The summed E-state index contributed by atoms with van der Waals surface area (Å²) < 4.78 is 14.9. The third kappa shape index (κ3) is 4.73. The summed E-state index contributed by atoms with van der Waals surface area (Å²) in [6.45, 7) is 2.24. The molecule has 6 nitrogen and oxygen atoms in total. The third-order valence-electron chi connectivity index (χ3n) is 5.38. The van der Waals surface area contributed by atoms with Gasteiger partial charge < -0.3 is 10.2 Å². The normalized spacial score (nSPS) is 10.9. The molecule has 0 aliphatic carbocycles. The molecule has 2 aromatic carbocycles. The van der Waals surface area contributed by atoms with Crippen LogP contribution in [0.25, 0.3) is 5.65 Å². The average molecular weight is 465 g/mol. The largest absolute Gasteiger partial charge is 0.347 e. The van der Waals surface area contributed by atoms with Crippen LogP contribution in [0.1, 0.15) is 39.0 Å². The lowest BCUT2D eigenvalue weighted by Gasteiger charge is -2.17. The summed E-state index contributed by atoms with van der Waals surface area (Å²) in [5.74, 6) is -0.808. The van der Waals surface area contributed by atoms with Crippen molar-refractivity contribution in [2.45, 2.75) is 19.9 Å². The number of nitrogens with zero attached hydrogens (tertiary/aromatic N) is 3. The molecule has 0 aliphatic heterocycles. The molecule has 0 fully saturated rings. The molecule has 4 rings (SSSR count). The highest BCUT2D eigenvalue weighted by molar-refractivity contribution is 6.30. The number of imidazole rings is 1. The topological polar surface area (TPSA) is 66.7 Å². The fourth-order valence-electron chi connectivity index (χ4n) is 3.56. The number of aromatic nitrogens is 2. The van der Waals surface area contributed by atoms with Crippen LogP contribution in [-0.4, -0.2) is 28.2 Å². The van der Waals surface area contributed by atoms with Crippen molar-refractivity contribution in [3.63, 3.8) is 0 Å². The zero-order valence-corrected chi connectivity index (χ0v) is 18.9. The summed E-state index contributed by atoms with van der Waals surface area (Å²) >= 11 is 6.04. The number of fused-ring (bicyclic) bond motifs is 1. The minimum absolute atomic E-state index is 0.214. The second-order valence-electron chi connectivity index (χ2n) is 7.55. The molecule has 0 saturated heterocycles. The third-order valence-corrected chi connectivity index (χ3v) is 5.62. The van der Waals surface area contributed by atoms with Crippen LogP contribution in [0.3, 0.4) is 0 Å². The van der Waals surface area contributed by atoms with Gasteiger partial charge in [0.1, 0.15) is 17.2 Å². The van der Waals surface area contributed by atoms with Gasteiger partial charge in [-0.3, -0.25) is 14.0 Å². The smallest absolute Gasteiger partial charge is 0.270 e. The van der Waals surface area contributed by atoms with Crippen molar-refractivity contribution < 1.29 is 14.0 Å². The van der Waals surface area contributed by atoms with Crippen molar-refractivity contribution in [3.05, 3.63) is 100 Å². The highest BCUT2D eigenvalue weighted by atomic mass is 35.5. The molecule has 0 saturated carbocycles.